The Morgan fingerprint density at radius 1 is 2.00 bits per heavy atom. The van der Waals surface area contributed by atoms with Crippen molar-refractivity contribution in [2.45, 2.75) is 13.0 Å². The van der Waals surface area contributed by atoms with Crippen molar-refractivity contribution >= 4 is 6.09 Å². The topological polar surface area (TPSA) is 75.3 Å². The molecule has 0 aromatic carbocycles. The number of nitrogens with one attached hydrogen (secondary N) is 1. The van der Waals surface area contributed by atoms with Crippen molar-refractivity contribution in [1.29, 1.82) is 0 Å². The molecule has 4 N–H and O–H groups in total. The molecule has 1 amide bonds. The summed E-state index contributed by atoms with van der Waals surface area (Å²) in [6.07, 6.45) is -1.03. The van der Waals surface area contributed by atoms with E-state index in [1.807, 2.05) is 0 Å². The Hall–Kier alpha value is -0.770. The number of hydrogen-bond acceptors (Lipinski definition) is 2. The number of carbonyl (C=O) groups is 1. The van der Waals surface area contributed by atoms with Crippen LogP contribution in [0.5, 0.6) is 0 Å². The van der Waals surface area contributed by atoms with Gasteiger partial charge in [-0.25, -0.2) is 4.79 Å². The number of nitrogens with two attached hydrogens (primary N) is 1. The number of carboxylic acid groups (broad SMARTS) is 1. The monoisotopic (exact) mass is 118 g/mol. The van der Waals surface area contributed by atoms with E-state index < -0.39 is 6.09 Å². The van der Waals surface area contributed by atoms with Crippen LogP contribution in [0.2, 0.25) is 0 Å². The van der Waals surface area contributed by atoms with Crippen LogP contribution in [0.25, 0.3) is 0 Å². The summed E-state index contributed by atoms with van der Waals surface area (Å²) in [6, 6.07) is -0.146. The molecule has 0 saturated heterocycles. The maximum Gasteiger partial charge on any atom is 0.404 e. The fraction of sp³-hybridized carbons (Fsp3) is 0.750. The highest BCUT2D eigenvalue weighted by atomic mass is 16.4. The van der Waals surface area contributed by atoms with Crippen LogP contribution in [-0.4, -0.2) is 23.8 Å². The lowest BCUT2D eigenvalue weighted by Crippen LogP contribution is -2.36. The zero-order valence-electron chi connectivity index (χ0n) is 4.72. The SMILES string of the molecule is C[C@@H](CN)NC(=O)O. The summed E-state index contributed by atoms with van der Waals surface area (Å²) in [5.41, 5.74) is 5.09. The molecule has 0 aliphatic carbocycles. The molecule has 0 fully saturated rings. The number of amides is 1. The van der Waals surface area contributed by atoms with Gasteiger partial charge in [0.25, 0.3) is 0 Å². The normalized spacial score (nSPS) is 12.8. The summed E-state index contributed by atoms with van der Waals surface area (Å²) in [7, 11) is 0. The molecule has 0 aromatic heterocycles. The molecule has 0 spiro atoms. The average molecular weight is 118 g/mol. The highest BCUT2D eigenvalue weighted by Crippen LogP contribution is 1.73. The third kappa shape index (κ3) is 3.42. The fourth-order valence-electron chi connectivity index (χ4n) is 0.270. The summed E-state index contributed by atoms with van der Waals surface area (Å²) in [4.78, 5) is 9.80. The molecule has 0 bridgehead atoms. The summed E-state index contributed by atoms with van der Waals surface area (Å²) in [5.74, 6) is 0. The van der Waals surface area contributed by atoms with Crippen LogP contribution in [0.1, 0.15) is 6.92 Å². The maximum absolute atomic E-state index is 9.80. The molecule has 0 radical (unpaired) electrons. The third-order valence-electron chi connectivity index (χ3n) is 0.723. The molecule has 8 heavy (non-hydrogen) atoms. The summed E-state index contributed by atoms with van der Waals surface area (Å²) in [5, 5.41) is 10.2. The van der Waals surface area contributed by atoms with E-state index in [4.69, 9.17) is 10.8 Å². The van der Waals surface area contributed by atoms with E-state index in [9.17, 15) is 4.79 Å². The van der Waals surface area contributed by atoms with Gasteiger partial charge >= 0.3 is 6.09 Å². The molecule has 0 aliphatic heterocycles. The zero-order valence-corrected chi connectivity index (χ0v) is 4.72. The van der Waals surface area contributed by atoms with E-state index in [0.29, 0.717) is 6.54 Å². The fourth-order valence-corrected chi connectivity index (χ4v) is 0.270. The van der Waals surface area contributed by atoms with Gasteiger partial charge in [-0.2, -0.15) is 0 Å². The van der Waals surface area contributed by atoms with Gasteiger partial charge in [-0.05, 0) is 6.92 Å². The lowest BCUT2D eigenvalue weighted by atomic mass is 10.3. The van der Waals surface area contributed by atoms with Crippen LogP contribution in [0.15, 0.2) is 0 Å². The van der Waals surface area contributed by atoms with E-state index >= 15 is 0 Å². The Labute approximate surface area is 47.7 Å². The van der Waals surface area contributed by atoms with E-state index in [1.165, 1.54) is 0 Å². The van der Waals surface area contributed by atoms with Crippen LogP contribution in [0.4, 0.5) is 4.79 Å². The molecule has 1 atom stereocenters. The lowest BCUT2D eigenvalue weighted by molar-refractivity contribution is 0.191. The van der Waals surface area contributed by atoms with Gasteiger partial charge < -0.3 is 16.2 Å². The molecular formula is C4H10N2O2. The minimum absolute atomic E-state index is 0.146. The molecule has 48 valence electrons. The van der Waals surface area contributed by atoms with Crippen LogP contribution >= 0.6 is 0 Å². The highest BCUT2D eigenvalue weighted by Gasteiger charge is 1.99. The Balaban J connectivity index is 3.24. The van der Waals surface area contributed by atoms with Crippen molar-refractivity contribution in [3.05, 3.63) is 0 Å². The third-order valence-corrected chi connectivity index (χ3v) is 0.723. The molecule has 0 aliphatic rings. The largest absolute Gasteiger partial charge is 0.465 e. The summed E-state index contributed by atoms with van der Waals surface area (Å²) in [6.45, 7) is 2.04. The van der Waals surface area contributed by atoms with Crippen LogP contribution in [0, 0.1) is 0 Å². The van der Waals surface area contributed by atoms with Gasteiger partial charge in [0.2, 0.25) is 0 Å². The Kier molecular flexibility index (Phi) is 2.95. The van der Waals surface area contributed by atoms with Gasteiger partial charge in [0.05, 0.1) is 0 Å². The second-order valence-corrected chi connectivity index (χ2v) is 1.59. The van der Waals surface area contributed by atoms with Crippen molar-refractivity contribution in [3.8, 4) is 0 Å². The van der Waals surface area contributed by atoms with Crippen LogP contribution in [0.3, 0.4) is 0 Å². The molecular weight excluding hydrogens is 108 g/mol. The van der Waals surface area contributed by atoms with Gasteiger partial charge in [-0.1, -0.05) is 0 Å². The Morgan fingerprint density at radius 3 is 2.62 bits per heavy atom. The van der Waals surface area contributed by atoms with Crippen molar-refractivity contribution in [3.63, 3.8) is 0 Å². The van der Waals surface area contributed by atoms with Gasteiger partial charge in [0.15, 0.2) is 0 Å². The van der Waals surface area contributed by atoms with Crippen molar-refractivity contribution in [2.75, 3.05) is 6.54 Å². The van der Waals surface area contributed by atoms with E-state index in [0.717, 1.165) is 0 Å². The van der Waals surface area contributed by atoms with Gasteiger partial charge in [0, 0.05) is 12.6 Å². The minimum Gasteiger partial charge on any atom is -0.465 e. The second-order valence-electron chi connectivity index (χ2n) is 1.59. The quantitative estimate of drug-likeness (QED) is 0.462. The van der Waals surface area contributed by atoms with Crippen LogP contribution in [-0.2, 0) is 0 Å². The molecule has 0 heterocycles. The predicted octanol–water partition coefficient (Wildman–Crippen LogP) is -0.399. The van der Waals surface area contributed by atoms with Crippen molar-refractivity contribution in [1.82, 2.24) is 5.32 Å². The minimum atomic E-state index is -1.03. The second kappa shape index (κ2) is 3.26. The summed E-state index contributed by atoms with van der Waals surface area (Å²) < 4.78 is 0. The highest BCUT2D eigenvalue weighted by molar-refractivity contribution is 5.64. The maximum atomic E-state index is 9.80. The average Bonchev–Trinajstić information content (AvgIpc) is 1.65. The van der Waals surface area contributed by atoms with Gasteiger partial charge in [0.1, 0.15) is 0 Å². The number of rotatable bonds is 2. The first-order valence-electron chi connectivity index (χ1n) is 2.36. The Morgan fingerprint density at radius 2 is 2.50 bits per heavy atom. The number of hydrogen-bond donors (Lipinski definition) is 3. The standard InChI is InChI=1S/C4H10N2O2/c1-3(2-5)6-4(7)8/h3,6H,2,5H2,1H3,(H,7,8)/t3-/m0/s1. The first-order valence-corrected chi connectivity index (χ1v) is 2.36. The summed E-state index contributed by atoms with van der Waals surface area (Å²) >= 11 is 0. The molecule has 4 heteroatoms. The molecule has 4 nitrogen and oxygen atoms in total. The zero-order chi connectivity index (χ0) is 6.57. The van der Waals surface area contributed by atoms with E-state index in [-0.39, 0.29) is 6.04 Å². The first-order chi connectivity index (χ1) is 3.66. The van der Waals surface area contributed by atoms with Crippen LogP contribution < -0.4 is 11.1 Å². The van der Waals surface area contributed by atoms with Gasteiger partial charge in [-0.15, -0.1) is 0 Å². The molecule has 0 saturated carbocycles. The smallest absolute Gasteiger partial charge is 0.404 e. The lowest BCUT2D eigenvalue weighted by Gasteiger charge is -2.05. The van der Waals surface area contributed by atoms with Crippen molar-refractivity contribution in [2.24, 2.45) is 5.73 Å². The first kappa shape index (κ1) is 7.23. The molecule has 0 aromatic rings. The van der Waals surface area contributed by atoms with E-state index in [1.54, 1.807) is 6.92 Å². The predicted molar refractivity (Wildman–Crippen MR) is 29.7 cm³/mol. The molecule has 0 rings (SSSR count). The Bertz CT molecular complexity index is 84.1. The van der Waals surface area contributed by atoms with Crippen molar-refractivity contribution < 1.29 is 9.90 Å². The van der Waals surface area contributed by atoms with E-state index in [2.05, 4.69) is 5.32 Å². The van der Waals surface area contributed by atoms with Gasteiger partial charge in [-0.3, -0.25) is 0 Å². The molecule has 0 unspecified atom stereocenters.